The second-order valence-corrected chi connectivity index (χ2v) is 6.64. The van der Waals surface area contributed by atoms with E-state index in [2.05, 4.69) is 16.3 Å². The van der Waals surface area contributed by atoms with Crippen molar-refractivity contribution in [3.63, 3.8) is 0 Å². The number of nitrogens with zero attached hydrogens (tertiary/aromatic N) is 2. The molecule has 3 nitrogen and oxygen atoms in total. The van der Waals surface area contributed by atoms with E-state index in [1.54, 1.807) is 0 Å². The number of nitrogens with one attached hydrogen (secondary N) is 1. The fraction of sp³-hybridized carbons (Fsp3) is 0.933. The van der Waals surface area contributed by atoms with Crippen molar-refractivity contribution in [3.8, 4) is 6.07 Å². The van der Waals surface area contributed by atoms with Crippen molar-refractivity contribution in [2.45, 2.75) is 63.5 Å². The van der Waals surface area contributed by atoms with Gasteiger partial charge in [0, 0.05) is 31.6 Å². The Labute approximate surface area is 111 Å². The molecule has 3 rings (SSSR count). The molecule has 2 aliphatic carbocycles. The van der Waals surface area contributed by atoms with Crippen molar-refractivity contribution >= 4 is 0 Å². The minimum Gasteiger partial charge on any atom is -0.312 e. The van der Waals surface area contributed by atoms with Crippen molar-refractivity contribution < 1.29 is 0 Å². The van der Waals surface area contributed by atoms with E-state index in [1.165, 1.54) is 64.6 Å². The Hall–Kier alpha value is -0.590. The Morgan fingerprint density at radius 1 is 1.22 bits per heavy atom. The summed E-state index contributed by atoms with van der Waals surface area (Å²) in [5.41, 5.74) is 0.379. The average Bonchev–Trinajstić information content (AvgIpc) is 3.26. The van der Waals surface area contributed by atoms with Gasteiger partial charge in [0.2, 0.25) is 0 Å². The van der Waals surface area contributed by atoms with Crippen molar-refractivity contribution in [1.82, 2.24) is 10.2 Å². The number of nitriles is 1. The van der Waals surface area contributed by atoms with Crippen LogP contribution >= 0.6 is 0 Å². The highest BCUT2D eigenvalue weighted by atomic mass is 15.2. The molecule has 1 aliphatic heterocycles. The molecular formula is C15H25N3. The Morgan fingerprint density at radius 3 is 2.72 bits per heavy atom. The summed E-state index contributed by atoms with van der Waals surface area (Å²) in [6.45, 7) is 3.61. The zero-order chi connectivity index (χ0) is 12.4. The van der Waals surface area contributed by atoms with E-state index in [0.29, 0.717) is 5.41 Å². The van der Waals surface area contributed by atoms with Crippen LogP contribution in [0.4, 0.5) is 0 Å². The summed E-state index contributed by atoms with van der Waals surface area (Å²) in [7, 11) is 0. The smallest absolute Gasteiger partial charge is 0.0628 e. The van der Waals surface area contributed by atoms with Crippen LogP contribution in [0.1, 0.15) is 51.4 Å². The molecule has 0 spiro atoms. The second kappa shape index (κ2) is 5.19. The third-order valence-corrected chi connectivity index (χ3v) is 4.92. The topological polar surface area (TPSA) is 39.1 Å². The predicted octanol–water partition coefficient (Wildman–Crippen LogP) is 2.29. The van der Waals surface area contributed by atoms with Gasteiger partial charge in [-0.3, -0.25) is 4.90 Å². The van der Waals surface area contributed by atoms with E-state index >= 15 is 0 Å². The average molecular weight is 247 g/mol. The first kappa shape index (κ1) is 12.4. The van der Waals surface area contributed by atoms with Gasteiger partial charge in [0.25, 0.3) is 0 Å². The van der Waals surface area contributed by atoms with Gasteiger partial charge in [-0.25, -0.2) is 0 Å². The lowest BCUT2D eigenvalue weighted by Crippen LogP contribution is -2.48. The van der Waals surface area contributed by atoms with E-state index < -0.39 is 0 Å². The molecule has 3 fully saturated rings. The molecule has 0 amide bonds. The lowest BCUT2D eigenvalue weighted by Gasteiger charge is -2.38. The number of piperidine rings is 1. The summed E-state index contributed by atoms with van der Waals surface area (Å²) in [6.07, 6.45) is 10.2. The first-order chi connectivity index (χ1) is 8.81. The first-order valence-corrected chi connectivity index (χ1v) is 7.66. The van der Waals surface area contributed by atoms with Crippen LogP contribution in [0.15, 0.2) is 0 Å². The van der Waals surface area contributed by atoms with Gasteiger partial charge < -0.3 is 5.32 Å². The molecule has 2 saturated carbocycles. The van der Waals surface area contributed by atoms with Crippen LogP contribution in [0.25, 0.3) is 0 Å². The van der Waals surface area contributed by atoms with Gasteiger partial charge >= 0.3 is 0 Å². The Balaban J connectivity index is 1.52. The predicted molar refractivity (Wildman–Crippen MR) is 72.1 cm³/mol. The monoisotopic (exact) mass is 247 g/mol. The number of rotatable bonds is 6. The quantitative estimate of drug-likeness (QED) is 0.782. The third-order valence-electron chi connectivity index (χ3n) is 4.92. The molecule has 1 heterocycles. The molecule has 3 aliphatic rings. The van der Waals surface area contributed by atoms with Gasteiger partial charge in [0.15, 0.2) is 0 Å². The zero-order valence-corrected chi connectivity index (χ0v) is 11.3. The molecule has 0 aromatic carbocycles. The van der Waals surface area contributed by atoms with Crippen molar-refractivity contribution in [1.29, 1.82) is 5.26 Å². The third kappa shape index (κ3) is 3.05. The van der Waals surface area contributed by atoms with E-state index in [4.69, 9.17) is 5.26 Å². The van der Waals surface area contributed by atoms with Crippen LogP contribution < -0.4 is 5.32 Å². The van der Waals surface area contributed by atoms with E-state index in [9.17, 15) is 0 Å². The van der Waals surface area contributed by atoms with Gasteiger partial charge in [-0.05, 0) is 50.5 Å². The lowest BCUT2D eigenvalue weighted by molar-refractivity contribution is 0.117. The summed E-state index contributed by atoms with van der Waals surface area (Å²) < 4.78 is 0. The Morgan fingerprint density at radius 2 is 2.06 bits per heavy atom. The van der Waals surface area contributed by atoms with Crippen LogP contribution in [-0.4, -0.2) is 36.6 Å². The summed E-state index contributed by atoms with van der Waals surface area (Å²) >= 11 is 0. The summed E-state index contributed by atoms with van der Waals surface area (Å²) in [6, 6.07) is 3.95. The van der Waals surface area contributed by atoms with Gasteiger partial charge in [-0.2, -0.15) is 5.26 Å². The summed E-state index contributed by atoms with van der Waals surface area (Å²) in [5.74, 6) is 0. The van der Waals surface area contributed by atoms with Crippen molar-refractivity contribution in [2.75, 3.05) is 19.6 Å². The Bertz CT molecular complexity index is 325. The van der Waals surface area contributed by atoms with Crippen LogP contribution in [0, 0.1) is 16.7 Å². The van der Waals surface area contributed by atoms with Gasteiger partial charge in [-0.1, -0.05) is 6.42 Å². The molecule has 0 aromatic rings. The minimum atomic E-state index is 0.379. The molecule has 0 bridgehead atoms. The van der Waals surface area contributed by atoms with Crippen LogP contribution in [0.2, 0.25) is 0 Å². The maximum atomic E-state index is 8.94. The normalized spacial score (nSPS) is 30.9. The first-order valence-electron chi connectivity index (χ1n) is 7.66. The number of hydrogen-bond acceptors (Lipinski definition) is 3. The van der Waals surface area contributed by atoms with Crippen LogP contribution in [0.3, 0.4) is 0 Å². The zero-order valence-electron chi connectivity index (χ0n) is 11.3. The lowest BCUT2D eigenvalue weighted by atomic mass is 9.96. The van der Waals surface area contributed by atoms with E-state index in [-0.39, 0.29) is 0 Å². The molecule has 1 unspecified atom stereocenters. The molecule has 1 atom stereocenters. The molecule has 0 radical (unpaired) electrons. The summed E-state index contributed by atoms with van der Waals surface area (Å²) in [4.78, 5) is 2.68. The molecule has 100 valence electrons. The van der Waals surface area contributed by atoms with Gasteiger partial charge in [0.1, 0.15) is 0 Å². The SMILES string of the molecule is N#CCC1(CN2CCCCC2CNC2CC2)CC1. The highest BCUT2D eigenvalue weighted by Gasteiger charge is 2.44. The molecule has 3 heteroatoms. The van der Waals surface area contributed by atoms with E-state index in [1.807, 2.05) is 0 Å². The van der Waals surface area contributed by atoms with E-state index in [0.717, 1.165) is 18.5 Å². The minimum absolute atomic E-state index is 0.379. The van der Waals surface area contributed by atoms with Gasteiger partial charge in [-0.15, -0.1) is 0 Å². The maximum Gasteiger partial charge on any atom is 0.0628 e. The maximum absolute atomic E-state index is 8.94. The molecular weight excluding hydrogens is 222 g/mol. The molecule has 1 N–H and O–H groups in total. The molecule has 18 heavy (non-hydrogen) atoms. The standard InChI is InChI=1S/C15H25N3/c16-9-8-15(6-7-15)12-18-10-2-1-3-14(18)11-17-13-4-5-13/h13-14,17H,1-8,10-12H2. The fourth-order valence-corrected chi connectivity index (χ4v) is 3.26. The van der Waals surface area contributed by atoms with Crippen molar-refractivity contribution in [3.05, 3.63) is 0 Å². The fourth-order valence-electron chi connectivity index (χ4n) is 3.26. The molecule has 0 aromatic heterocycles. The van der Waals surface area contributed by atoms with Crippen molar-refractivity contribution in [2.24, 2.45) is 5.41 Å². The number of hydrogen-bond donors (Lipinski definition) is 1. The van der Waals surface area contributed by atoms with Gasteiger partial charge in [0.05, 0.1) is 6.07 Å². The largest absolute Gasteiger partial charge is 0.312 e. The second-order valence-electron chi connectivity index (χ2n) is 6.64. The highest BCUT2D eigenvalue weighted by Crippen LogP contribution is 2.49. The van der Waals surface area contributed by atoms with Crippen LogP contribution in [0.5, 0.6) is 0 Å². The Kier molecular flexibility index (Phi) is 3.59. The molecule has 1 saturated heterocycles. The van der Waals surface area contributed by atoms with Crippen LogP contribution in [-0.2, 0) is 0 Å². The summed E-state index contributed by atoms with van der Waals surface area (Å²) in [5, 5.41) is 12.6. The number of likely N-dealkylation sites (tertiary alicyclic amines) is 1. The highest BCUT2D eigenvalue weighted by molar-refractivity contribution is 5.02.